The van der Waals surface area contributed by atoms with Crippen LogP contribution in [0.4, 0.5) is 0 Å². The molecular weight excluding hydrogens is 346 g/mol. The zero-order chi connectivity index (χ0) is 20.9. The molecule has 1 fully saturated rings. The van der Waals surface area contributed by atoms with Crippen LogP contribution >= 0.6 is 0 Å². The van der Waals surface area contributed by atoms with Crippen molar-refractivity contribution in [3.8, 4) is 5.88 Å². The standard InChI is InChI=1S/C20H27N3O.2C2H6/c1-3-18-17(10-12-21)20(23-19(22-18)16-8-9-16)24-13-11-15-7-5-4-6-14(15)2;2*1-2/h4-7,16H,3,8-13,21H2,1-2H3;2*1-2H3. The number of ether oxygens (including phenoxy) is 1. The molecule has 1 aromatic carbocycles. The molecule has 0 spiro atoms. The molecule has 0 amide bonds. The number of aryl methyl sites for hydroxylation is 2. The third kappa shape index (κ3) is 6.90. The highest BCUT2D eigenvalue weighted by molar-refractivity contribution is 5.33. The first-order valence-electron chi connectivity index (χ1n) is 11.0. The van der Waals surface area contributed by atoms with Crippen molar-refractivity contribution in [1.82, 2.24) is 9.97 Å². The Bertz CT molecular complexity index is 696. The van der Waals surface area contributed by atoms with Crippen LogP contribution in [0.1, 0.15) is 81.6 Å². The molecule has 2 N–H and O–H groups in total. The summed E-state index contributed by atoms with van der Waals surface area (Å²) in [5, 5.41) is 0. The predicted molar refractivity (Wildman–Crippen MR) is 119 cm³/mol. The average Bonchev–Trinajstić information content (AvgIpc) is 3.59. The number of rotatable bonds is 8. The van der Waals surface area contributed by atoms with Crippen molar-refractivity contribution in [2.24, 2.45) is 5.73 Å². The van der Waals surface area contributed by atoms with E-state index >= 15 is 0 Å². The number of aromatic nitrogens is 2. The first-order valence-corrected chi connectivity index (χ1v) is 11.0. The maximum Gasteiger partial charge on any atom is 0.220 e. The summed E-state index contributed by atoms with van der Waals surface area (Å²) in [5.74, 6) is 2.24. The van der Waals surface area contributed by atoms with Gasteiger partial charge in [-0.15, -0.1) is 0 Å². The van der Waals surface area contributed by atoms with E-state index in [9.17, 15) is 0 Å². The maximum absolute atomic E-state index is 6.10. The largest absolute Gasteiger partial charge is 0.477 e. The van der Waals surface area contributed by atoms with Gasteiger partial charge in [-0.3, -0.25) is 0 Å². The number of hydrogen-bond acceptors (Lipinski definition) is 4. The first kappa shape index (κ1) is 24.1. The number of hydrogen-bond donors (Lipinski definition) is 1. The molecule has 4 nitrogen and oxygen atoms in total. The Labute approximate surface area is 171 Å². The van der Waals surface area contributed by atoms with Crippen molar-refractivity contribution in [3.05, 3.63) is 52.5 Å². The Morgan fingerprint density at radius 2 is 1.71 bits per heavy atom. The van der Waals surface area contributed by atoms with Gasteiger partial charge in [-0.05, 0) is 50.3 Å². The normalized spacial score (nSPS) is 12.4. The minimum absolute atomic E-state index is 0.529. The Morgan fingerprint density at radius 1 is 1.04 bits per heavy atom. The van der Waals surface area contributed by atoms with Crippen molar-refractivity contribution in [1.29, 1.82) is 0 Å². The van der Waals surface area contributed by atoms with Gasteiger partial charge in [-0.1, -0.05) is 58.9 Å². The lowest BCUT2D eigenvalue weighted by atomic mass is 10.1. The molecule has 1 aromatic heterocycles. The second kappa shape index (κ2) is 13.3. The number of nitrogens with two attached hydrogens (primary N) is 1. The topological polar surface area (TPSA) is 61.0 Å². The van der Waals surface area contributed by atoms with Crippen LogP contribution in [0.2, 0.25) is 0 Å². The summed E-state index contributed by atoms with van der Waals surface area (Å²) in [6.45, 7) is 13.5. The fourth-order valence-corrected chi connectivity index (χ4v) is 3.01. The number of nitrogens with zero attached hydrogens (tertiary/aromatic N) is 2. The molecule has 0 radical (unpaired) electrons. The third-order valence-corrected chi connectivity index (χ3v) is 4.62. The minimum Gasteiger partial charge on any atom is -0.477 e. The molecule has 1 aliphatic carbocycles. The SMILES string of the molecule is CC.CC.CCc1nc(C2CC2)nc(OCCc2ccccc2C)c1CCN. The van der Waals surface area contributed by atoms with Gasteiger partial charge in [0.2, 0.25) is 5.88 Å². The van der Waals surface area contributed by atoms with E-state index in [1.807, 2.05) is 27.7 Å². The Hall–Kier alpha value is -1.94. The van der Waals surface area contributed by atoms with Crippen LogP contribution in [-0.2, 0) is 19.3 Å². The van der Waals surface area contributed by atoms with Crippen molar-refractivity contribution < 1.29 is 4.74 Å². The van der Waals surface area contributed by atoms with E-state index < -0.39 is 0 Å². The van der Waals surface area contributed by atoms with Crippen LogP contribution < -0.4 is 10.5 Å². The molecule has 1 aliphatic rings. The highest BCUT2D eigenvalue weighted by Gasteiger charge is 2.28. The second-order valence-corrected chi connectivity index (χ2v) is 6.50. The summed E-state index contributed by atoms with van der Waals surface area (Å²) in [4.78, 5) is 9.49. The van der Waals surface area contributed by atoms with Gasteiger partial charge in [0, 0.05) is 17.9 Å². The van der Waals surface area contributed by atoms with Crippen molar-refractivity contribution in [2.45, 2.75) is 79.6 Å². The van der Waals surface area contributed by atoms with Crippen LogP contribution in [0.15, 0.2) is 24.3 Å². The summed E-state index contributed by atoms with van der Waals surface area (Å²) in [5.41, 5.74) is 10.6. The van der Waals surface area contributed by atoms with Crippen LogP contribution in [0.25, 0.3) is 0 Å². The average molecular weight is 386 g/mol. The summed E-state index contributed by atoms with van der Waals surface area (Å²) >= 11 is 0. The van der Waals surface area contributed by atoms with Gasteiger partial charge in [0.1, 0.15) is 5.82 Å². The van der Waals surface area contributed by atoms with Crippen molar-refractivity contribution in [3.63, 3.8) is 0 Å². The quantitative estimate of drug-likeness (QED) is 0.661. The van der Waals surface area contributed by atoms with Gasteiger partial charge in [0.15, 0.2) is 0 Å². The zero-order valence-electron chi connectivity index (χ0n) is 18.7. The zero-order valence-corrected chi connectivity index (χ0v) is 18.7. The lowest BCUT2D eigenvalue weighted by molar-refractivity contribution is 0.303. The molecule has 1 heterocycles. The fraction of sp³-hybridized carbons (Fsp3) is 0.583. The fourth-order valence-electron chi connectivity index (χ4n) is 3.01. The van der Waals surface area contributed by atoms with Crippen LogP contribution in [0.5, 0.6) is 5.88 Å². The first-order chi connectivity index (χ1) is 13.7. The third-order valence-electron chi connectivity index (χ3n) is 4.62. The Kier molecular flexibility index (Phi) is 11.4. The van der Waals surface area contributed by atoms with Gasteiger partial charge < -0.3 is 10.5 Å². The monoisotopic (exact) mass is 385 g/mol. The molecule has 2 aromatic rings. The summed E-state index contributed by atoms with van der Waals surface area (Å²) in [6.07, 6.45) is 4.95. The van der Waals surface area contributed by atoms with E-state index in [2.05, 4.69) is 38.1 Å². The molecule has 0 saturated heterocycles. The molecule has 4 heteroatoms. The van der Waals surface area contributed by atoms with Crippen LogP contribution in [-0.4, -0.2) is 23.1 Å². The van der Waals surface area contributed by atoms with Gasteiger partial charge in [-0.25, -0.2) is 4.98 Å². The molecule has 1 saturated carbocycles. The smallest absolute Gasteiger partial charge is 0.220 e. The predicted octanol–water partition coefficient (Wildman–Crippen LogP) is 5.40. The molecule has 28 heavy (non-hydrogen) atoms. The molecule has 0 atom stereocenters. The van der Waals surface area contributed by atoms with Gasteiger partial charge in [0.25, 0.3) is 0 Å². The van der Waals surface area contributed by atoms with Gasteiger partial charge >= 0.3 is 0 Å². The van der Waals surface area contributed by atoms with Crippen LogP contribution in [0.3, 0.4) is 0 Å². The molecule has 0 aliphatic heterocycles. The lowest BCUT2D eigenvalue weighted by Crippen LogP contribution is -2.14. The maximum atomic E-state index is 6.10. The Balaban J connectivity index is 0.000000921. The minimum atomic E-state index is 0.529. The summed E-state index contributed by atoms with van der Waals surface area (Å²) in [7, 11) is 0. The van der Waals surface area contributed by atoms with E-state index in [1.54, 1.807) is 0 Å². The van der Waals surface area contributed by atoms with Gasteiger partial charge in [0.05, 0.1) is 12.3 Å². The van der Waals surface area contributed by atoms with Crippen LogP contribution in [0, 0.1) is 6.92 Å². The highest BCUT2D eigenvalue weighted by Crippen LogP contribution is 2.39. The second-order valence-electron chi connectivity index (χ2n) is 6.50. The van der Waals surface area contributed by atoms with E-state index in [1.165, 1.54) is 24.0 Å². The molecular formula is C24H39N3O. The molecule has 156 valence electrons. The Morgan fingerprint density at radius 3 is 2.29 bits per heavy atom. The van der Waals surface area contributed by atoms with E-state index in [4.69, 9.17) is 20.4 Å². The molecule has 0 unspecified atom stereocenters. The number of benzene rings is 1. The molecule has 0 bridgehead atoms. The van der Waals surface area contributed by atoms with Crippen molar-refractivity contribution >= 4 is 0 Å². The van der Waals surface area contributed by atoms with E-state index in [0.29, 0.717) is 19.1 Å². The lowest BCUT2D eigenvalue weighted by Gasteiger charge is -2.15. The van der Waals surface area contributed by atoms with E-state index in [-0.39, 0.29) is 0 Å². The molecule has 3 rings (SSSR count). The van der Waals surface area contributed by atoms with E-state index in [0.717, 1.165) is 42.2 Å². The highest BCUT2D eigenvalue weighted by atomic mass is 16.5. The van der Waals surface area contributed by atoms with Crippen molar-refractivity contribution in [2.75, 3.05) is 13.2 Å². The van der Waals surface area contributed by atoms with Gasteiger partial charge in [-0.2, -0.15) is 4.98 Å². The summed E-state index contributed by atoms with van der Waals surface area (Å²) in [6, 6.07) is 8.44. The summed E-state index contributed by atoms with van der Waals surface area (Å²) < 4.78 is 6.10.